The van der Waals surface area contributed by atoms with Crippen molar-refractivity contribution in [2.24, 2.45) is 11.7 Å². The van der Waals surface area contributed by atoms with Crippen LogP contribution >= 0.6 is 0 Å². The lowest BCUT2D eigenvalue weighted by atomic mass is 9.99. The second kappa shape index (κ2) is 4.97. The molecule has 1 aliphatic rings. The molecule has 1 aromatic rings. The lowest BCUT2D eigenvalue weighted by molar-refractivity contribution is -0.117. The topological polar surface area (TPSA) is 84.2 Å². The molecule has 17 heavy (non-hydrogen) atoms. The van der Waals surface area contributed by atoms with Gasteiger partial charge in [-0.3, -0.25) is 9.59 Å². The van der Waals surface area contributed by atoms with Gasteiger partial charge in [-0.1, -0.05) is 0 Å². The number of nitrogens with two attached hydrogens (primary N) is 1. The van der Waals surface area contributed by atoms with Crippen molar-refractivity contribution < 1.29 is 9.59 Å². The van der Waals surface area contributed by atoms with E-state index in [2.05, 4.69) is 10.6 Å². The Bertz CT molecular complexity index is 424. The van der Waals surface area contributed by atoms with Gasteiger partial charge in [0, 0.05) is 17.7 Å². The Morgan fingerprint density at radius 3 is 2.41 bits per heavy atom. The van der Waals surface area contributed by atoms with Gasteiger partial charge in [0.2, 0.25) is 11.8 Å². The van der Waals surface area contributed by atoms with Crippen LogP contribution in [0.2, 0.25) is 0 Å². The van der Waals surface area contributed by atoms with Crippen LogP contribution in [0, 0.1) is 5.92 Å². The molecule has 0 atom stereocenters. The Morgan fingerprint density at radius 2 is 1.94 bits per heavy atom. The first-order valence-corrected chi connectivity index (χ1v) is 5.55. The van der Waals surface area contributed by atoms with Crippen molar-refractivity contribution in [2.45, 2.75) is 6.42 Å². The predicted molar refractivity (Wildman–Crippen MR) is 64.6 cm³/mol. The molecule has 2 amide bonds. The van der Waals surface area contributed by atoms with Crippen LogP contribution in [0.1, 0.15) is 16.8 Å². The first-order chi connectivity index (χ1) is 8.15. The van der Waals surface area contributed by atoms with E-state index in [0.29, 0.717) is 23.6 Å². The van der Waals surface area contributed by atoms with Crippen LogP contribution in [0.5, 0.6) is 0 Å². The van der Waals surface area contributed by atoms with Gasteiger partial charge in [-0.05, 0) is 43.3 Å². The molecule has 2 rings (SSSR count). The van der Waals surface area contributed by atoms with Gasteiger partial charge < -0.3 is 16.4 Å². The van der Waals surface area contributed by atoms with Gasteiger partial charge in [0.15, 0.2) is 0 Å². The summed E-state index contributed by atoms with van der Waals surface area (Å²) in [5.74, 6) is -0.0216. The second-order valence-corrected chi connectivity index (χ2v) is 4.22. The van der Waals surface area contributed by atoms with Gasteiger partial charge in [-0.2, -0.15) is 0 Å². The Kier molecular flexibility index (Phi) is 3.39. The molecular weight excluding hydrogens is 218 g/mol. The van der Waals surface area contributed by atoms with E-state index in [1.165, 1.54) is 0 Å². The molecule has 0 aromatic heterocycles. The molecule has 1 aliphatic heterocycles. The molecule has 1 heterocycles. The molecule has 1 aromatic carbocycles. The minimum atomic E-state index is -0.469. The summed E-state index contributed by atoms with van der Waals surface area (Å²) < 4.78 is 0. The van der Waals surface area contributed by atoms with Crippen molar-refractivity contribution in [2.75, 3.05) is 18.4 Å². The summed E-state index contributed by atoms with van der Waals surface area (Å²) in [6, 6.07) is 6.56. The molecular formula is C12H15N3O2. The number of amides is 2. The van der Waals surface area contributed by atoms with E-state index >= 15 is 0 Å². The number of carbonyl (C=O) groups excluding carboxylic acids is 2. The molecule has 0 spiro atoms. The van der Waals surface area contributed by atoms with Crippen molar-refractivity contribution in [3.8, 4) is 0 Å². The molecule has 0 radical (unpaired) electrons. The summed E-state index contributed by atoms with van der Waals surface area (Å²) >= 11 is 0. The van der Waals surface area contributed by atoms with Crippen LogP contribution in [-0.2, 0) is 4.79 Å². The van der Waals surface area contributed by atoms with Crippen molar-refractivity contribution >= 4 is 17.5 Å². The van der Waals surface area contributed by atoms with Crippen LogP contribution < -0.4 is 16.4 Å². The normalized spacial score (nSPS) is 15.1. The van der Waals surface area contributed by atoms with E-state index in [4.69, 9.17) is 5.73 Å². The van der Waals surface area contributed by atoms with Crippen molar-refractivity contribution in [1.29, 1.82) is 0 Å². The average Bonchev–Trinajstić information content (AvgIpc) is 2.24. The number of hydrogen-bond donors (Lipinski definition) is 3. The lowest BCUT2D eigenvalue weighted by Gasteiger charge is -2.26. The van der Waals surface area contributed by atoms with E-state index in [-0.39, 0.29) is 5.91 Å². The summed E-state index contributed by atoms with van der Waals surface area (Å²) in [5.41, 5.74) is 6.25. The van der Waals surface area contributed by atoms with E-state index < -0.39 is 5.91 Å². The second-order valence-electron chi connectivity index (χ2n) is 4.22. The largest absolute Gasteiger partial charge is 0.366 e. The third-order valence-electron chi connectivity index (χ3n) is 2.79. The first-order valence-electron chi connectivity index (χ1n) is 5.55. The molecule has 90 valence electrons. The standard InChI is InChI=1S/C12H15N3O2/c13-12(17)9-1-3-10(4-2-9)15-11(16)5-8-6-14-7-8/h1-4,8,14H,5-7H2,(H2,13,17)(H,15,16). The highest BCUT2D eigenvalue weighted by Gasteiger charge is 2.19. The molecule has 0 aliphatic carbocycles. The van der Waals surface area contributed by atoms with Gasteiger partial charge in [-0.15, -0.1) is 0 Å². The number of carbonyl (C=O) groups is 2. The molecule has 0 saturated carbocycles. The molecule has 5 heteroatoms. The van der Waals surface area contributed by atoms with Crippen LogP contribution in [-0.4, -0.2) is 24.9 Å². The number of anilines is 1. The van der Waals surface area contributed by atoms with Gasteiger partial charge >= 0.3 is 0 Å². The first kappa shape index (κ1) is 11.6. The highest BCUT2D eigenvalue weighted by molar-refractivity contribution is 5.94. The number of nitrogens with one attached hydrogen (secondary N) is 2. The summed E-state index contributed by atoms with van der Waals surface area (Å²) in [6.45, 7) is 1.82. The molecule has 4 N–H and O–H groups in total. The van der Waals surface area contributed by atoms with Gasteiger partial charge in [0.25, 0.3) is 0 Å². The summed E-state index contributed by atoms with van der Waals surface area (Å²) in [7, 11) is 0. The molecule has 5 nitrogen and oxygen atoms in total. The Labute approximate surface area is 99.4 Å². The molecule has 0 unspecified atom stereocenters. The number of rotatable bonds is 4. The maximum Gasteiger partial charge on any atom is 0.248 e. The highest BCUT2D eigenvalue weighted by Crippen LogP contribution is 2.12. The Morgan fingerprint density at radius 1 is 1.29 bits per heavy atom. The molecule has 1 fully saturated rings. The van der Waals surface area contributed by atoms with Crippen LogP contribution in [0.3, 0.4) is 0 Å². The van der Waals surface area contributed by atoms with Crippen molar-refractivity contribution in [3.05, 3.63) is 29.8 Å². The van der Waals surface area contributed by atoms with Gasteiger partial charge in [0.05, 0.1) is 0 Å². The van der Waals surface area contributed by atoms with E-state index in [1.54, 1.807) is 24.3 Å². The Balaban J connectivity index is 1.89. The third-order valence-corrected chi connectivity index (χ3v) is 2.79. The highest BCUT2D eigenvalue weighted by atomic mass is 16.2. The zero-order valence-corrected chi connectivity index (χ0v) is 9.40. The van der Waals surface area contributed by atoms with E-state index in [9.17, 15) is 9.59 Å². The summed E-state index contributed by atoms with van der Waals surface area (Å²) in [6.07, 6.45) is 0.532. The third kappa shape index (κ3) is 3.04. The van der Waals surface area contributed by atoms with Crippen LogP contribution in [0.25, 0.3) is 0 Å². The maximum absolute atomic E-state index is 11.6. The van der Waals surface area contributed by atoms with Crippen molar-refractivity contribution in [1.82, 2.24) is 5.32 Å². The minimum absolute atomic E-state index is 0.00308. The SMILES string of the molecule is NC(=O)c1ccc(NC(=O)CC2CNC2)cc1. The van der Waals surface area contributed by atoms with Gasteiger partial charge in [0.1, 0.15) is 0 Å². The number of hydrogen-bond acceptors (Lipinski definition) is 3. The summed E-state index contributed by atoms with van der Waals surface area (Å²) in [4.78, 5) is 22.5. The smallest absolute Gasteiger partial charge is 0.248 e. The van der Waals surface area contributed by atoms with Crippen LogP contribution in [0.15, 0.2) is 24.3 Å². The fraction of sp³-hybridized carbons (Fsp3) is 0.333. The number of benzene rings is 1. The fourth-order valence-corrected chi connectivity index (χ4v) is 1.68. The minimum Gasteiger partial charge on any atom is -0.366 e. The van der Waals surface area contributed by atoms with Crippen molar-refractivity contribution in [3.63, 3.8) is 0 Å². The van der Waals surface area contributed by atoms with E-state index in [0.717, 1.165) is 13.1 Å². The van der Waals surface area contributed by atoms with E-state index in [1.807, 2.05) is 0 Å². The molecule has 0 bridgehead atoms. The zero-order valence-electron chi connectivity index (χ0n) is 9.40. The lowest BCUT2D eigenvalue weighted by Crippen LogP contribution is -2.43. The molecule has 1 saturated heterocycles. The average molecular weight is 233 g/mol. The number of primary amides is 1. The zero-order chi connectivity index (χ0) is 12.3. The monoisotopic (exact) mass is 233 g/mol. The summed E-state index contributed by atoms with van der Waals surface area (Å²) in [5, 5.41) is 5.91. The fourth-order valence-electron chi connectivity index (χ4n) is 1.68. The Hall–Kier alpha value is -1.88. The quantitative estimate of drug-likeness (QED) is 0.700. The van der Waals surface area contributed by atoms with Gasteiger partial charge in [-0.25, -0.2) is 0 Å². The van der Waals surface area contributed by atoms with Crippen LogP contribution in [0.4, 0.5) is 5.69 Å². The maximum atomic E-state index is 11.6. The predicted octanol–water partition coefficient (Wildman–Crippen LogP) is 0.333.